The van der Waals surface area contributed by atoms with E-state index in [-0.39, 0.29) is 17.3 Å². The Morgan fingerprint density at radius 3 is 2.40 bits per heavy atom. The molecule has 1 aliphatic carbocycles. The quantitative estimate of drug-likeness (QED) is 0.403. The van der Waals surface area contributed by atoms with Gasteiger partial charge in [-0.2, -0.15) is 0 Å². The Kier molecular flexibility index (Phi) is 4.03. The minimum Gasteiger partial charge on any atom is -0.478 e. The van der Waals surface area contributed by atoms with E-state index in [9.17, 15) is 9.59 Å². The summed E-state index contributed by atoms with van der Waals surface area (Å²) in [5, 5.41) is 8.88. The average Bonchev–Trinajstić information content (AvgIpc) is 2.93. The van der Waals surface area contributed by atoms with Gasteiger partial charge in [-0.1, -0.05) is 6.08 Å². The van der Waals surface area contributed by atoms with E-state index in [0.29, 0.717) is 6.42 Å². The standard InChI is InChI=1S/C11H17NO3/c1-12(2)7-3-4-9(11(14)15)10(13)8-5-6-8/h4,8H,3,5-7H2,1-2H3,(H,14,15). The molecule has 1 aliphatic rings. The molecule has 0 amide bonds. The fourth-order valence-electron chi connectivity index (χ4n) is 1.33. The van der Waals surface area contributed by atoms with Crippen molar-refractivity contribution in [2.45, 2.75) is 19.3 Å². The van der Waals surface area contributed by atoms with Gasteiger partial charge in [0.2, 0.25) is 0 Å². The van der Waals surface area contributed by atoms with Crippen LogP contribution in [0.15, 0.2) is 11.6 Å². The number of carbonyl (C=O) groups excluding carboxylic acids is 1. The summed E-state index contributed by atoms with van der Waals surface area (Å²) < 4.78 is 0. The van der Waals surface area contributed by atoms with Gasteiger partial charge < -0.3 is 10.0 Å². The topological polar surface area (TPSA) is 57.6 Å². The number of hydrogen-bond donors (Lipinski definition) is 1. The highest BCUT2D eigenvalue weighted by Crippen LogP contribution is 2.32. The summed E-state index contributed by atoms with van der Waals surface area (Å²) in [6.45, 7) is 0.759. The van der Waals surface area contributed by atoms with E-state index in [0.717, 1.165) is 19.4 Å². The number of nitrogens with zero attached hydrogens (tertiary/aromatic N) is 1. The van der Waals surface area contributed by atoms with Crippen molar-refractivity contribution in [2.24, 2.45) is 5.92 Å². The number of rotatable bonds is 6. The minimum absolute atomic E-state index is 0.0216. The van der Waals surface area contributed by atoms with Crippen molar-refractivity contribution in [2.75, 3.05) is 20.6 Å². The fourth-order valence-corrected chi connectivity index (χ4v) is 1.33. The second kappa shape index (κ2) is 5.07. The Bertz CT molecular complexity index is 290. The van der Waals surface area contributed by atoms with E-state index in [4.69, 9.17) is 5.11 Å². The van der Waals surface area contributed by atoms with E-state index in [1.807, 2.05) is 19.0 Å². The zero-order valence-electron chi connectivity index (χ0n) is 9.19. The lowest BCUT2D eigenvalue weighted by atomic mass is 10.1. The van der Waals surface area contributed by atoms with Gasteiger partial charge in [-0.05, 0) is 33.4 Å². The molecule has 0 saturated heterocycles. The SMILES string of the molecule is CN(C)CCC=C(C(=O)O)C(=O)C1CC1. The summed E-state index contributed by atoms with van der Waals surface area (Å²) in [7, 11) is 3.83. The van der Waals surface area contributed by atoms with Crippen LogP contribution in [0.4, 0.5) is 0 Å². The molecule has 1 N–H and O–H groups in total. The second-order valence-corrected chi connectivity index (χ2v) is 4.15. The number of hydrogen-bond acceptors (Lipinski definition) is 3. The van der Waals surface area contributed by atoms with Crippen LogP contribution in [0.25, 0.3) is 0 Å². The van der Waals surface area contributed by atoms with Gasteiger partial charge in [0.15, 0.2) is 5.78 Å². The normalized spacial score (nSPS) is 16.9. The van der Waals surface area contributed by atoms with Crippen molar-refractivity contribution in [3.8, 4) is 0 Å². The highest BCUT2D eigenvalue weighted by Gasteiger charge is 2.34. The molecule has 4 nitrogen and oxygen atoms in total. The van der Waals surface area contributed by atoms with Gasteiger partial charge in [0, 0.05) is 12.5 Å². The molecule has 1 saturated carbocycles. The molecule has 0 bridgehead atoms. The molecule has 4 heteroatoms. The molecule has 84 valence electrons. The summed E-state index contributed by atoms with van der Waals surface area (Å²) in [4.78, 5) is 24.4. The predicted molar refractivity (Wildman–Crippen MR) is 56.6 cm³/mol. The van der Waals surface area contributed by atoms with Crippen molar-refractivity contribution >= 4 is 11.8 Å². The van der Waals surface area contributed by atoms with Crippen LogP contribution in [0.1, 0.15) is 19.3 Å². The van der Waals surface area contributed by atoms with Gasteiger partial charge in [0.05, 0.1) is 5.57 Å². The number of carboxylic acids is 1. The summed E-state index contributed by atoms with van der Waals surface area (Å²) in [6.07, 6.45) is 3.84. The molecule has 0 atom stereocenters. The molecule has 0 aromatic rings. The van der Waals surface area contributed by atoms with Gasteiger partial charge >= 0.3 is 5.97 Å². The molecule has 0 spiro atoms. The number of carbonyl (C=O) groups is 2. The maximum atomic E-state index is 11.6. The molecule has 15 heavy (non-hydrogen) atoms. The minimum atomic E-state index is -1.09. The van der Waals surface area contributed by atoms with Gasteiger partial charge in [0.1, 0.15) is 0 Å². The van der Waals surface area contributed by atoms with Gasteiger partial charge in [-0.15, -0.1) is 0 Å². The highest BCUT2D eigenvalue weighted by molar-refractivity contribution is 6.18. The molecular formula is C11H17NO3. The monoisotopic (exact) mass is 211 g/mol. The molecule has 0 radical (unpaired) electrons. The largest absolute Gasteiger partial charge is 0.478 e. The first-order valence-corrected chi connectivity index (χ1v) is 5.14. The third kappa shape index (κ3) is 3.83. The third-order valence-corrected chi connectivity index (χ3v) is 2.37. The molecule has 0 heterocycles. The van der Waals surface area contributed by atoms with E-state index in [2.05, 4.69) is 0 Å². The smallest absolute Gasteiger partial charge is 0.339 e. The van der Waals surface area contributed by atoms with Gasteiger partial charge in [-0.25, -0.2) is 4.79 Å². The molecule has 0 aromatic carbocycles. The molecule has 0 unspecified atom stereocenters. The number of Topliss-reactive ketones (excluding diaryl/α,β-unsaturated/α-hetero) is 1. The second-order valence-electron chi connectivity index (χ2n) is 4.15. The first-order chi connectivity index (χ1) is 7.02. The van der Waals surface area contributed by atoms with Crippen LogP contribution in [-0.4, -0.2) is 42.4 Å². The lowest BCUT2D eigenvalue weighted by Crippen LogP contribution is -2.16. The van der Waals surface area contributed by atoms with Crippen LogP contribution in [-0.2, 0) is 9.59 Å². The Balaban J connectivity index is 2.56. The van der Waals surface area contributed by atoms with E-state index in [1.54, 1.807) is 6.08 Å². The number of aliphatic carboxylic acids is 1. The Morgan fingerprint density at radius 2 is 2.00 bits per heavy atom. The van der Waals surface area contributed by atoms with Crippen LogP contribution in [0.2, 0.25) is 0 Å². The summed E-state index contributed by atoms with van der Waals surface area (Å²) in [5.74, 6) is -1.31. The van der Waals surface area contributed by atoms with Crippen LogP contribution >= 0.6 is 0 Å². The third-order valence-electron chi connectivity index (χ3n) is 2.37. The molecule has 1 fully saturated rings. The first-order valence-electron chi connectivity index (χ1n) is 5.14. The molecule has 1 rings (SSSR count). The van der Waals surface area contributed by atoms with Crippen molar-refractivity contribution in [1.29, 1.82) is 0 Å². The molecule has 0 aromatic heterocycles. The van der Waals surface area contributed by atoms with Gasteiger partial charge in [0.25, 0.3) is 0 Å². The maximum absolute atomic E-state index is 11.6. The highest BCUT2D eigenvalue weighted by atomic mass is 16.4. The van der Waals surface area contributed by atoms with E-state index >= 15 is 0 Å². The Hall–Kier alpha value is -1.16. The van der Waals surface area contributed by atoms with Crippen LogP contribution in [0.5, 0.6) is 0 Å². The van der Waals surface area contributed by atoms with Crippen LogP contribution in [0.3, 0.4) is 0 Å². The lowest BCUT2D eigenvalue weighted by Gasteiger charge is -2.06. The Labute approximate surface area is 89.6 Å². The zero-order chi connectivity index (χ0) is 11.4. The summed E-state index contributed by atoms with van der Waals surface area (Å²) in [5.41, 5.74) is -0.0284. The summed E-state index contributed by atoms with van der Waals surface area (Å²) >= 11 is 0. The van der Waals surface area contributed by atoms with E-state index < -0.39 is 5.97 Å². The van der Waals surface area contributed by atoms with E-state index in [1.165, 1.54) is 0 Å². The lowest BCUT2D eigenvalue weighted by molar-refractivity contribution is -0.134. The number of carboxylic acid groups (broad SMARTS) is 1. The fraction of sp³-hybridized carbons (Fsp3) is 0.636. The predicted octanol–water partition coefficient (Wildman–Crippen LogP) is 0.928. The van der Waals surface area contributed by atoms with Crippen molar-refractivity contribution in [3.63, 3.8) is 0 Å². The average molecular weight is 211 g/mol. The van der Waals surface area contributed by atoms with Crippen LogP contribution < -0.4 is 0 Å². The van der Waals surface area contributed by atoms with Crippen molar-refractivity contribution in [3.05, 3.63) is 11.6 Å². The van der Waals surface area contributed by atoms with Crippen LogP contribution in [0, 0.1) is 5.92 Å². The van der Waals surface area contributed by atoms with Crippen molar-refractivity contribution < 1.29 is 14.7 Å². The first kappa shape index (κ1) is 11.9. The molecular weight excluding hydrogens is 194 g/mol. The Morgan fingerprint density at radius 1 is 1.40 bits per heavy atom. The molecule has 0 aliphatic heterocycles. The van der Waals surface area contributed by atoms with Crippen molar-refractivity contribution in [1.82, 2.24) is 4.90 Å². The number of ketones is 1. The summed E-state index contributed by atoms with van der Waals surface area (Å²) in [6, 6.07) is 0. The maximum Gasteiger partial charge on any atom is 0.339 e. The zero-order valence-corrected chi connectivity index (χ0v) is 9.19. The van der Waals surface area contributed by atoms with Gasteiger partial charge in [-0.3, -0.25) is 4.79 Å².